The first kappa shape index (κ1) is 23.4. The zero-order valence-corrected chi connectivity index (χ0v) is 19.2. The Morgan fingerprint density at radius 2 is 1.52 bits per heavy atom. The van der Waals surface area contributed by atoms with Gasteiger partial charge in [-0.2, -0.15) is 0 Å². The minimum atomic E-state index is -0.648. The van der Waals surface area contributed by atoms with E-state index in [0.29, 0.717) is 22.9 Å². The zero-order valence-electron chi connectivity index (χ0n) is 16.0. The fourth-order valence-electron chi connectivity index (χ4n) is 2.95. The van der Waals surface area contributed by atoms with Crippen molar-refractivity contribution in [2.75, 3.05) is 13.2 Å². The summed E-state index contributed by atoms with van der Waals surface area (Å²) in [6.45, 7) is 5.44. The lowest BCUT2D eigenvalue weighted by molar-refractivity contribution is -0.150. The molecule has 0 saturated carbocycles. The SMILES string of the molecule is CCCCCCCCC(Br)C(Br)CCC1(C(=O)OCCCCC)CO1. The Morgan fingerprint density at radius 1 is 0.960 bits per heavy atom. The van der Waals surface area contributed by atoms with Crippen LogP contribution < -0.4 is 0 Å². The molecule has 3 nitrogen and oxygen atoms in total. The van der Waals surface area contributed by atoms with E-state index in [2.05, 4.69) is 45.7 Å². The summed E-state index contributed by atoms with van der Waals surface area (Å²) in [5.41, 5.74) is -0.648. The first-order chi connectivity index (χ1) is 12.1. The van der Waals surface area contributed by atoms with Gasteiger partial charge in [-0.25, -0.2) is 4.79 Å². The minimum absolute atomic E-state index is 0.162. The second-order valence-corrected chi connectivity index (χ2v) is 9.61. The van der Waals surface area contributed by atoms with Gasteiger partial charge in [-0.3, -0.25) is 0 Å². The van der Waals surface area contributed by atoms with Crippen molar-refractivity contribution < 1.29 is 14.3 Å². The van der Waals surface area contributed by atoms with Crippen molar-refractivity contribution in [3.05, 3.63) is 0 Å². The summed E-state index contributed by atoms with van der Waals surface area (Å²) < 4.78 is 10.9. The highest BCUT2D eigenvalue weighted by atomic mass is 79.9. The van der Waals surface area contributed by atoms with E-state index in [-0.39, 0.29) is 5.97 Å². The van der Waals surface area contributed by atoms with Crippen LogP contribution in [0.25, 0.3) is 0 Å². The molecule has 1 heterocycles. The van der Waals surface area contributed by atoms with Gasteiger partial charge >= 0.3 is 5.97 Å². The molecule has 3 atom stereocenters. The van der Waals surface area contributed by atoms with E-state index in [1.807, 2.05) is 0 Å². The molecule has 1 aliphatic rings. The van der Waals surface area contributed by atoms with E-state index in [1.54, 1.807) is 0 Å². The molecule has 25 heavy (non-hydrogen) atoms. The summed E-state index contributed by atoms with van der Waals surface area (Å²) in [4.78, 5) is 13.0. The number of hydrogen-bond donors (Lipinski definition) is 0. The molecule has 1 saturated heterocycles. The van der Waals surface area contributed by atoms with Crippen LogP contribution >= 0.6 is 31.9 Å². The molecule has 0 aliphatic carbocycles. The van der Waals surface area contributed by atoms with Gasteiger partial charge < -0.3 is 9.47 Å². The predicted octanol–water partition coefficient (Wildman–Crippen LogP) is 6.55. The van der Waals surface area contributed by atoms with E-state index < -0.39 is 5.60 Å². The Balaban J connectivity index is 2.14. The Hall–Kier alpha value is 0.390. The zero-order chi connectivity index (χ0) is 18.5. The quantitative estimate of drug-likeness (QED) is 0.108. The van der Waals surface area contributed by atoms with Gasteiger partial charge in [0, 0.05) is 9.65 Å². The van der Waals surface area contributed by atoms with Crippen molar-refractivity contribution in [3.8, 4) is 0 Å². The maximum Gasteiger partial charge on any atom is 0.340 e. The monoisotopic (exact) mass is 482 g/mol. The number of esters is 1. The van der Waals surface area contributed by atoms with E-state index >= 15 is 0 Å². The summed E-state index contributed by atoms with van der Waals surface area (Å²) in [6.07, 6.45) is 14.0. The van der Waals surface area contributed by atoms with Gasteiger partial charge in [0.05, 0.1) is 13.2 Å². The molecule has 0 aromatic heterocycles. The molecule has 148 valence electrons. The van der Waals surface area contributed by atoms with Gasteiger partial charge in [-0.1, -0.05) is 97.1 Å². The fourth-order valence-corrected chi connectivity index (χ4v) is 4.03. The Labute approximate surface area is 171 Å². The molecule has 0 N–H and O–H groups in total. The number of alkyl halides is 2. The van der Waals surface area contributed by atoms with Crippen LogP contribution in [0, 0.1) is 0 Å². The molecule has 3 unspecified atom stereocenters. The largest absolute Gasteiger partial charge is 0.463 e. The molecule has 1 fully saturated rings. The highest BCUT2D eigenvalue weighted by molar-refractivity contribution is 9.12. The molecular weight excluding hydrogens is 448 g/mol. The second-order valence-electron chi connectivity index (χ2n) is 7.25. The van der Waals surface area contributed by atoms with Crippen LogP contribution in [0.5, 0.6) is 0 Å². The van der Waals surface area contributed by atoms with Crippen LogP contribution in [0.2, 0.25) is 0 Å². The average molecular weight is 484 g/mol. The topological polar surface area (TPSA) is 38.8 Å². The number of hydrogen-bond acceptors (Lipinski definition) is 3. The lowest BCUT2D eigenvalue weighted by atomic mass is 10.00. The van der Waals surface area contributed by atoms with E-state index in [4.69, 9.17) is 9.47 Å². The van der Waals surface area contributed by atoms with Gasteiger partial charge in [0.25, 0.3) is 0 Å². The van der Waals surface area contributed by atoms with Gasteiger partial charge in [-0.05, 0) is 25.7 Å². The Morgan fingerprint density at radius 3 is 2.16 bits per heavy atom. The average Bonchev–Trinajstić information content (AvgIpc) is 3.40. The smallest absolute Gasteiger partial charge is 0.340 e. The van der Waals surface area contributed by atoms with Crippen molar-refractivity contribution in [1.82, 2.24) is 0 Å². The summed E-state index contributed by atoms with van der Waals surface area (Å²) in [5.74, 6) is -0.162. The number of rotatable bonds is 16. The molecule has 0 bridgehead atoms. The highest BCUT2D eigenvalue weighted by Crippen LogP contribution is 2.36. The molecule has 0 radical (unpaired) electrons. The van der Waals surface area contributed by atoms with Crippen molar-refractivity contribution in [3.63, 3.8) is 0 Å². The summed E-state index contributed by atoms with van der Waals surface area (Å²) in [6, 6.07) is 0. The number of unbranched alkanes of at least 4 members (excludes halogenated alkanes) is 7. The van der Waals surface area contributed by atoms with E-state index in [0.717, 1.165) is 32.1 Å². The summed E-state index contributed by atoms with van der Waals surface area (Å²) >= 11 is 7.59. The second kappa shape index (κ2) is 13.5. The van der Waals surface area contributed by atoms with Gasteiger partial charge in [0.15, 0.2) is 5.60 Å². The van der Waals surface area contributed by atoms with Crippen molar-refractivity contribution >= 4 is 37.8 Å². The molecule has 0 spiro atoms. The van der Waals surface area contributed by atoms with Crippen LogP contribution in [0.4, 0.5) is 0 Å². The van der Waals surface area contributed by atoms with Crippen molar-refractivity contribution in [2.24, 2.45) is 0 Å². The maximum atomic E-state index is 12.2. The predicted molar refractivity (Wildman–Crippen MR) is 112 cm³/mol. The summed E-state index contributed by atoms with van der Waals surface area (Å²) in [5, 5.41) is 0. The van der Waals surface area contributed by atoms with Crippen LogP contribution in [-0.2, 0) is 14.3 Å². The van der Waals surface area contributed by atoms with Crippen LogP contribution in [0.3, 0.4) is 0 Å². The van der Waals surface area contributed by atoms with E-state index in [1.165, 1.54) is 44.9 Å². The normalized spacial score (nSPS) is 21.8. The lowest BCUT2D eigenvalue weighted by Gasteiger charge is -2.18. The third kappa shape index (κ3) is 9.76. The van der Waals surface area contributed by atoms with Crippen LogP contribution in [0.15, 0.2) is 0 Å². The molecule has 5 heteroatoms. The van der Waals surface area contributed by atoms with Crippen LogP contribution in [-0.4, -0.2) is 34.4 Å². The van der Waals surface area contributed by atoms with Crippen molar-refractivity contribution in [2.45, 2.75) is 106 Å². The first-order valence-electron chi connectivity index (χ1n) is 10.1. The number of ether oxygens (including phenoxy) is 2. The van der Waals surface area contributed by atoms with Crippen LogP contribution in [0.1, 0.15) is 90.9 Å². The third-order valence-corrected chi connectivity index (χ3v) is 7.80. The molecule has 0 aromatic rings. The van der Waals surface area contributed by atoms with Gasteiger partial charge in [0.2, 0.25) is 0 Å². The number of carbonyl (C=O) groups excluding carboxylic acids is 1. The number of epoxide rings is 1. The standard InChI is InChI=1S/C20H36Br2O3/c1-3-5-7-8-9-10-12-17(21)18(22)13-14-20(16-25-20)19(23)24-15-11-6-4-2/h17-18H,3-16H2,1-2H3. The highest BCUT2D eigenvalue weighted by Gasteiger charge is 2.53. The lowest BCUT2D eigenvalue weighted by Crippen LogP contribution is -2.29. The Bertz CT molecular complexity index is 359. The van der Waals surface area contributed by atoms with Crippen molar-refractivity contribution in [1.29, 1.82) is 0 Å². The van der Waals surface area contributed by atoms with Gasteiger partial charge in [-0.15, -0.1) is 0 Å². The first-order valence-corrected chi connectivity index (χ1v) is 12.0. The van der Waals surface area contributed by atoms with Gasteiger partial charge in [0.1, 0.15) is 0 Å². The molecule has 0 amide bonds. The Kier molecular flexibility index (Phi) is 12.7. The molecule has 1 rings (SSSR count). The fraction of sp³-hybridized carbons (Fsp3) is 0.950. The maximum absolute atomic E-state index is 12.2. The number of carbonyl (C=O) groups is 1. The summed E-state index contributed by atoms with van der Waals surface area (Å²) in [7, 11) is 0. The molecule has 0 aromatic carbocycles. The minimum Gasteiger partial charge on any atom is -0.463 e. The van der Waals surface area contributed by atoms with E-state index in [9.17, 15) is 4.79 Å². The molecular formula is C20H36Br2O3. The third-order valence-electron chi connectivity index (χ3n) is 4.90. The molecule has 1 aliphatic heterocycles. The number of halogens is 2.